The monoisotopic (exact) mass is 279 g/mol. The summed E-state index contributed by atoms with van der Waals surface area (Å²) in [7, 11) is 0. The van der Waals surface area contributed by atoms with E-state index in [1.807, 2.05) is 43.3 Å². The summed E-state index contributed by atoms with van der Waals surface area (Å²) in [5.41, 5.74) is 9.81. The number of hydrogen-bond acceptors (Lipinski definition) is 4. The smallest absolute Gasteiger partial charge is 0.227 e. The molecule has 0 spiro atoms. The van der Waals surface area contributed by atoms with E-state index in [0.29, 0.717) is 11.7 Å². The minimum Gasteiger partial charge on any atom is -0.398 e. The minimum absolute atomic E-state index is 0.600. The minimum atomic E-state index is 0.600. The number of rotatable bonds is 4. The molecule has 0 saturated heterocycles. The number of anilines is 1. The van der Waals surface area contributed by atoms with Crippen LogP contribution in [-0.2, 0) is 12.8 Å². The topological polar surface area (TPSA) is 64.9 Å². The molecule has 21 heavy (non-hydrogen) atoms. The highest BCUT2D eigenvalue weighted by Crippen LogP contribution is 2.24. The van der Waals surface area contributed by atoms with Crippen molar-refractivity contribution in [1.82, 2.24) is 10.1 Å². The maximum atomic E-state index is 5.91. The Bertz CT molecular complexity index is 735. The Kier molecular flexibility index (Phi) is 3.69. The van der Waals surface area contributed by atoms with Gasteiger partial charge in [-0.25, -0.2) is 0 Å². The van der Waals surface area contributed by atoms with Crippen LogP contribution >= 0.6 is 0 Å². The summed E-state index contributed by atoms with van der Waals surface area (Å²) < 4.78 is 5.33. The predicted octanol–water partition coefficient (Wildman–Crippen LogP) is 3.41. The van der Waals surface area contributed by atoms with Crippen LogP contribution in [-0.4, -0.2) is 10.1 Å². The lowest BCUT2D eigenvalue weighted by molar-refractivity contribution is 0.379. The van der Waals surface area contributed by atoms with E-state index < -0.39 is 0 Å². The van der Waals surface area contributed by atoms with Gasteiger partial charge in [-0.3, -0.25) is 0 Å². The first kappa shape index (κ1) is 13.4. The van der Waals surface area contributed by atoms with Crippen LogP contribution in [0.3, 0.4) is 0 Å². The van der Waals surface area contributed by atoms with Crippen molar-refractivity contribution in [3.63, 3.8) is 0 Å². The van der Waals surface area contributed by atoms with Crippen LogP contribution in [0.4, 0.5) is 5.69 Å². The first-order chi connectivity index (χ1) is 10.2. The molecule has 3 aromatic rings. The molecule has 0 unspecified atom stereocenters. The molecule has 0 amide bonds. The normalized spacial score (nSPS) is 10.7. The van der Waals surface area contributed by atoms with Crippen LogP contribution in [0.5, 0.6) is 0 Å². The third-order valence-electron chi connectivity index (χ3n) is 3.56. The Morgan fingerprint density at radius 3 is 2.62 bits per heavy atom. The standard InChI is InChI=1S/C17H17N3O/c1-12-14(8-5-9-15(12)18)17-19-16(21-20-17)11-10-13-6-3-2-4-7-13/h2-9H,10-11,18H2,1H3. The zero-order valence-corrected chi connectivity index (χ0v) is 11.9. The van der Waals surface area contributed by atoms with E-state index in [2.05, 4.69) is 22.3 Å². The summed E-state index contributed by atoms with van der Waals surface area (Å²) in [4.78, 5) is 4.46. The molecule has 4 nitrogen and oxygen atoms in total. The van der Waals surface area contributed by atoms with Crippen LogP contribution in [0.1, 0.15) is 17.0 Å². The highest BCUT2D eigenvalue weighted by Gasteiger charge is 2.11. The molecule has 3 rings (SSSR count). The molecule has 0 aliphatic rings. The van der Waals surface area contributed by atoms with Crippen molar-refractivity contribution in [2.75, 3.05) is 5.73 Å². The third kappa shape index (κ3) is 2.94. The largest absolute Gasteiger partial charge is 0.398 e. The maximum absolute atomic E-state index is 5.91. The highest BCUT2D eigenvalue weighted by molar-refractivity contribution is 5.67. The molecule has 0 fully saturated rings. The molecule has 2 N–H and O–H groups in total. The van der Waals surface area contributed by atoms with E-state index in [-0.39, 0.29) is 0 Å². The van der Waals surface area contributed by atoms with E-state index in [0.717, 1.165) is 29.7 Å². The lowest BCUT2D eigenvalue weighted by Crippen LogP contribution is -1.94. The first-order valence-corrected chi connectivity index (χ1v) is 6.96. The molecule has 1 aromatic heterocycles. The molecular weight excluding hydrogens is 262 g/mol. The van der Waals surface area contributed by atoms with E-state index >= 15 is 0 Å². The van der Waals surface area contributed by atoms with Gasteiger partial charge in [-0.2, -0.15) is 4.98 Å². The number of hydrogen-bond donors (Lipinski definition) is 1. The summed E-state index contributed by atoms with van der Waals surface area (Å²) in [6, 6.07) is 16.0. The van der Waals surface area contributed by atoms with Gasteiger partial charge in [-0.15, -0.1) is 0 Å². The van der Waals surface area contributed by atoms with Crippen molar-refractivity contribution >= 4 is 5.69 Å². The molecule has 4 heteroatoms. The molecule has 0 atom stereocenters. The fourth-order valence-electron chi connectivity index (χ4n) is 2.26. The molecule has 2 aromatic carbocycles. The average Bonchev–Trinajstić information content (AvgIpc) is 2.98. The molecule has 0 bridgehead atoms. The number of nitrogens with zero attached hydrogens (tertiary/aromatic N) is 2. The third-order valence-corrected chi connectivity index (χ3v) is 3.56. The van der Waals surface area contributed by atoms with E-state index in [1.54, 1.807) is 0 Å². The SMILES string of the molecule is Cc1c(N)cccc1-c1noc(CCc2ccccc2)n1. The fraction of sp³-hybridized carbons (Fsp3) is 0.176. The Morgan fingerprint density at radius 1 is 1.00 bits per heavy atom. The molecule has 0 radical (unpaired) electrons. The van der Waals surface area contributed by atoms with Gasteiger partial charge < -0.3 is 10.3 Å². The van der Waals surface area contributed by atoms with Gasteiger partial charge in [0, 0.05) is 17.7 Å². The highest BCUT2D eigenvalue weighted by atomic mass is 16.5. The lowest BCUT2D eigenvalue weighted by atomic mass is 10.1. The van der Waals surface area contributed by atoms with Crippen molar-refractivity contribution < 1.29 is 4.52 Å². The predicted molar refractivity (Wildman–Crippen MR) is 82.7 cm³/mol. The second-order valence-electron chi connectivity index (χ2n) is 5.02. The summed E-state index contributed by atoms with van der Waals surface area (Å²) in [6.45, 7) is 1.96. The van der Waals surface area contributed by atoms with Gasteiger partial charge in [-0.05, 0) is 30.5 Å². The molecule has 1 heterocycles. The van der Waals surface area contributed by atoms with Gasteiger partial charge >= 0.3 is 0 Å². The van der Waals surface area contributed by atoms with Gasteiger partial charge in [0.1, 0.15) is 0 Å². The van der Waals surface area contributed by atoms with Crippen LogP contribution in [0.15, 0.2) is 53.1 Å². The number of nitrogens with two attached hydrogens (primary N) is 1. The number of benzene rings is 2. The zero-order valence-electron chi connectivity index (χ0n) is 11.9. The van der Waals surface area contributed by atoms with Crippen LogP contribution < -0.4 is 5.73 Å². The van der Waals surface area contributed by atoms with E-state index in [1.165, 1.54) is 5.56 Å². The van der Waals surface area contributed by atoms with Gasteiger partial charge in [0.2, 0.25) is 11.7 Å². The van der Waals surface area contributed by atoms with Crippen molar-refractivity contribution in [2.45, 2.75) is 19.8 Å². The molecule has 0 aliphatic heterocycles. The van der Waals surface area contributed by atoms with Crippen molar-refractivity contribution in [1.29, 1.82) is 0 Å². The maximum Gasteiger partial charge on any atom is 0.227 e. The Morgan fingerprint density at radius 2 is 1.81 bits per heavy atom. The summed E-state index contributed by atoms with van der Waals surface area (Å²) in [5.74, 6) is 1.25. The lowest BCUT2D eigenvalue weighted by Gasteiger charge is -2.03. The molecule has 106 valence electrons. The van der Waals surface area contributed by atoms with E-state index in [9.17, 15) is 0 Å². The summed E-state index contributed by atoms with van der Waals surface area (Å²) in [5, 5.41) is 4.06. The van der Waals surface area contributed by atoms with Crippen molar-refractivity contribution in [2.24, 2.45) is 0 Å². The van der Waals surface area contributed by atoms with Crippen LogP contribution in [0.25, 0.3) is 11.4 Å². The molecule has 0 aliphatic carbocycles. The number of nitrogen functional groups attached to an aromatic ring is 1. The number of aromatic nitrogens is 2. The first-order valence-electron chi connectivity index (χ1n) is 6.96. The van der Waals surface area contributed by atoms with Crippen molar-refractivity contribution in [3.05, 3.63) is 65.5 Å². The second-order valence-corrected chi connectivity index (χ2v) is 5.02. The van der Waals surface area contributed by atoms with Gasteiger partial charge in [0.05, 0.1) is 0 Å². The van der Waals surface area contributed by atoms with E-state index in [4.69, 9.17) is 10.3 Å². The summed E-state index contributed by atoms with van der Waals surface area (Å²) in [6.07, 6.45) is 1.62. The Labute approximate surface area is 123 Å². The van der Waals surface area contributed by atoms with Gasteiger partial charge in [-0.1, -0.05) is 47.6 Å². The fourth-order valence-corrected chi connectivity index (χ4v) is 2.26. The second kappa shape index (κ2) is 5.79. The van der Waals surface area contributed by atoms with Gasteiger partial charge in [0.25, 0.3) is 0 Å². The Hall–Kier alpha value is -2.62. The number of aryl methyl sites for hydroxylation is 2. The quantitative estimate of drug-likeness (QED) is 0.743. The van der Waals surface area contributed by atoms with Crippen LogP contribution in [0.2, 0.25) is 0 Å². The van der Waals surface area contributed by atoms with Crippen LogP contribution in [0, 0.1) is 6.92 Å². The van der Waals surface area contributed by atoms with Crippen molar-refractivity contribution in [3.8, 4) is 11.4 Å². The Balaban J connectivity index is 1.76. The average molecular weight is 279 g/mol. The summed E-state index contributed by atoms with van der Waals surface area (Å²) >= 11 is 0. The zero-order chi connectivity index (χ0) is 14.7. The molecular formula is C17H17N3O. The van der Waals surface area contributed by atoms with Gasteiger partial charge in [0.15, 0.2) is 0 Å². The molecule has 0 saturated carbocycles.